The molecule has 2 unspecified atom stereocenters. The quantitative estimate of drug-likeness (QED) is 0.714. The van der Waals surface area contributed by atoms with E-state index in [-0.39, 0.29) is 24.3 Å². The zero-order valence-electron chi connectivity index (χ0n) is 17.4. The Bertz CT molecular complexity index is 883. The number of rotatable bonds is 7. The van der Waals surface area contributed by atoms with Gasteiger partial charge in [0, 0.05) is 19.5 Å². The third kappa shape index (κ3) is 4.36. The second kappa shape index (κ2) is 8.99. The lowest BCUT2D eigenvalue weighted by Crippen LogP contribution is -2.46. The summed E-state index contributed by atoms with van der Waals surface area (Å²) in [5, 5.41) is 0. The lowest BCUT2D eigenvalue weighted by atomic mass is 10.1. The summed E-state index contributed by atoms with van der Waals surface area (Å²) in [7, 11) is 1.63. The van der Waals surface area contributed by atoms with E-state index < -0.39 is 6.10 Å². The van der Waals surface area contributed by atoms with Gasteiger partial charge in [-0.2, -0.15) is 0 Å². The molecule has 0 fully saturated rings. The van der Waals surface area contributed by atoms with Crippen LogP contribution in [-0.2, 0) is 9.59 Å². The monoisotopic (exact) mass is 396 g/mol. The van der Waals surface area contributed by atoms with Crippen molar-refractivity contribution >= 4 is 17.5 Å². The van der Waals surface area contributed by atoms with Crippen LogP contribution < -0.4 is 14.4 Å². The molecule has 154 valence electrons. The van der Waals surface area contributed by atoms with Crippen molar-refractivity contribution in [2.45, 2.75) is 39.3 Å². The Morgan fingerprint density at radius 1 is 1.24 bits per heavy atom. The van der Waals surface area contributed by atoms with Crippen LogP contribution in [0.1, 0.15) is 38.8 Å². The summed E-state index contributed by atoms with van der Waals surface area (Å²) in [6, 6.07) is 15.1. The molecule has 3 rings (SSSR count). The Morgan fingerprint density at radius 2 is 2.00 bits per heavy atom. The van der Waals surface area contributed by atoms with Gasteiger partial charge in [-0.25, -0.2) is 0 Å². The minimum absolute atomic E-state index is 0.00671. The van der Waals surface area contributed by atoms with Crippen molar-refractivity contribution in [3.8, 4) is 11.5 Å². The predicted octanol–water partition coefficient (Wildman–Crippen LogP) is 3.81. The number of carbonyl (C=O) groups excluding carboxylic acids is 2. The molecule has 0 saturated carbocycles. The number of nitrogens with zero attached hydrogens (tertiary/aromatic N) is 2. The Hall–Kier alpha value is -3.02. The van der Waals surface area contributed by atoms with E-state index in [0.717, 1.165) is 11.3 Å². The highest BCUT2D eigenvalue weighted by atomic mass is 16.5. The van der Waals surface area contributed by atoms with Crippen LogP contribution in [-0.4, -0.2) is 43.0 Å². The van der Waals surface area contributed by atoms with Gasteiger partial charge in [0.2, 0.25) is 5.91 Å². The van der Waals surface area contributed by atoms with Gasteiger partial charge in [-0.15, -0.1) is 0 Å². The number of carbonyl (C=O) groups is 2. The van der Waals surface area contributed by atoms with Crippen molar-refractivity contribution in [2.75, 3.05) is 25.1 Å². The van der Waals surface area contributed by atoms with Gasteiger partial charge >= 0.3 is 0 Å². The highest BCUT2D eigenvalue weighted by Gasteiger charge is 2.32. The molecule has 1 aliphatic rings. The molecule has 2 aromatic rings. The average molecular weight is 396 g/mol. The van der Waals surface area contributed by atoms with Crippen LogP contribution in [0.2, 0.25) is 0 Å². The summed E-state index contributed by atoms with van der Waals surface area (Å²) in [5.41, 5.74) is 1.73. The maximum absolute atomic E-state index is 13.0. The molecule has 1 heterocycles. The Labute approximate surface area is 172 Å². The van der Waals surface area contributed by atoms with Crippen LogP contribution in [0, 0.1) is 0 Å². The second-order valence-corrected chi connectivity index (χ2v) is 7.10. The Kier molecular flexibility index (Phi) is 6.42. The molecule has 0 N–H and O–H groups in total. The van der Waals surface area contributed by atoms with Crippen molar-refractivity contribution < 1.29 is 19.1 Å². The van der Waals surface area contributed by atoms with E-state index in [0.29, 0.717) is 24.5 Å². The standard InChI is InChI=1S/C23H28N2O4/c1-5-24(16(2)18-9-8-10-19(15-18)28-4)22(26)13-14-25-20-11-6-7-12-21(20)29-17(3)23(25)27/h6-12,15-17H,5,13-14H2,1-4H3. The molecule has 0 spiro atoms. The van der Waals surface area contributed by atoms with Crippen molar-refractivity contribution in [1.82, 2.24) is 4.90 Å². The third-order valence-electron chi connectivity index (χ3n) is 5.33. The first kappa shape index (κ1) is 20.7. The lowest BCUT2D eigenvalue weighted by Gasteiger charge is -2.34. The van der Waals surface area contributed by atoms with Crippen LogP contribution >= 0.6 is 0 Å². The van der Waals surface area contributed by atoms with Gasteiger partial charge in [0.15, 0.2) is 6.10 Å². The molecular formula is C23H28N2O4. The molecule has 2 atom stereocenters. The molecule has 2 aromatic carbocycles. The van der Waals surface area contributed by atoms with Gasteiger partial charge < -0.3 is 19.3 Å². The number of fused-ring (bicyclic) bond motifs is 1. The number of ether oxygens (including phenoxy) is 2. The molecule has 0 bridgehead atoms. The molecule has 0 saturated heterocycles. The average Bonchev–Trinajstić information content (AvgIpc) is 2.74. The Balaban J connectivity index is 1.72. The number of hydrogen-bond acceptors (Lipinski definition) is 4. The fourth-order valence-corrected chi connectivity index (χ4v) is 3.69. The molecule has 0 aromatic heterocycles. The van der Waals surface area contributed by atoms with Gasteiger partial charge in [0.05, 0.1) is 18.8 Å². The largest absolute Gasteiger partial charge is 0.497 e. The molecule has 0 aliphatic carbocycles. The Morgan fingerprint density at radius 3 is 2.72 bits per heavy atom. The van der Waals surface area contributed by atoms with Crippen LogP contribution in [0.3, 0.4) is 0 Å². The highest BCUT2D eigenvalue weighted by molar-refractivity contribution is 6.00. The van der Waals surface area contributed by atoms with Crippen LogP contribution in [0.25, 0.3) is 0 Å². The second-order valence-electron chi connectivity index (χ2n) is 7.10. The lowest BCUT2D eigenvalue weighted by molar-refractivity contribution is -0.133. The summed E-state index contributed by atoms with van der Waals surface area (Å²) >= 11 is 0. The van der Waals surface area contributed by atoms with E-state index in [1.807, 2.05) is 67.3 Å². The summed E-state index contributed by atoms with van der Waals surface area (Å²) in [6.07, 6.45) is -0.312. The number of hydrogen-bond donors (Lipinski definition) is 0. The first-order valence-electron chi connectivity index (χ1n) is 9.96. The fraction of sp³-hybridized carbons (Fsp3) is 0.391. The summed E-state index contributed by atoms with van der Waals surface area (Å²) in [5.74, 6) is 1.32. The number of para-hydroxylation sites is 2. The van der Waals surface area contributed by atoms with Crippen molar-refractivity contribution in [3.63, 3.8) is 0 Å². The molecule has 0 radical (unpaired) electrons. The smallest absolute Gasteiger partial charge is 0.267 e. The van der Waals surface area contributed by atoms with E-state index in [9.17, 15) is 9.59 Å². The number of anilines is 1. The number of methoxy groups -OCH3 is 1. The van der Waals surface area contributed by atoms with E-state index in [1.165, 1.54) is 0 Å². The normalized spacial score (nSPS) is 16.6. The maximum Gasteiger partial charge on any atom is 0.267 e. The zero-order chi connectivity index (χ0) is 21.0. The summed E-state index contributed by atoms with van der Waals surface area (Å²) < 4.78 is 11.0. The van der Waals surface area contributed by atoms with E-state index in [1.54, 1.807) is 18.9 Å². The van der Waals surface area contributed by atoms with Crippen LogP contribution in [0.15, 0.2) is 48.5 Å². The third-order valence-corrected chi connectivity index (χ3v) is 5.33. The van der Waals surface area contributed by atoms with Crippen LogP contribution in [0.4, 0.5) is 5.69 Å². The van der Waals surface area contributed by atoms with E-state index >= 15 is 0 Å². The molecule has 6 heteroatoms. The summed E-state index contributed by atoms with van der Waals surface area (Å²) in [4.78, 5) is 29.1. The topological polar surface area (TPSA) is 59.1 Å². The van der Waals surface area contributed by atoms with Gasteiger partial charge in [-0.1, -0.05) is 24.3 Å². The van der Waals surface area contributed by atoms with E-state index in [4.69, 9.17) is 9.47 Å². The minimum Gasteiger partial charge on any atom is -0.497 e. The SMILES string of the molecule is CCN(C(=O)CCN1C(=O)C(C)Oc2ccccc21)C(C)c1cccc(OC)c1. The molecule has 1 aliphatic heterocycles. The minimum atomic E-state index is -0.557. The van der Waals surface area contributed by atoms with Crippen LogP contribution in [0.5, 0.6) is 11.5 Å². The predicted molar refractivity (Wildman–Crippen MR) is 112 cm³/mol. The first-order valence-corrected chi connectivity index (χ1v) is 9.96. The van der Waals surface area contributed by atoms with Gasteiger partial charge in [0.25, 0.3) is 5.91 Å². The number of benzene rings is 2. The van der Waals surface area contributed by atoms with Crippen molar-refractivity contribution in [3.05, 3.63) is 54.1 Å². The molecular weight excluding hydrogens is 368 g/mol. The van der Waals surface area contributed by atoms with Crippen molar-refractivity contribution in [1.29, 1.82) is 0 Å². The van der Waals surface area contributed by atoms with Gasteiger partial charge in [-0.05, 0) is 50.6 Å². The summed E-state index contributed by atoms with van der Waals surface area (Å²) in [6.45, 7) is 6.61. The molecule has 29 heavy (non-hydrogen) atoms. The number of amides is 2. The maximum atomic E-state index is 13.0. The fourth-order valence-electron chi connectivity index (χ4n) is 3.69. The zero-order valence-corrected chi connectivity index (χ0v) is 17.4. The molecule has 2 amide bonds. The van der Waals surface area contributed by atoms with Gasteiger partial charge in [0.1, 0.15) is 11.5 Å². The van der Waals surface area contributed by atoms with Crippen molar-refractivity contribution in [2.24, 2.45) is 0 Å². The van der Waals surface area contributed by atoms with Gasteiger partial charge in [-0.3, -0.25) is 9.59 Å². The highest BCUT2D eigenvalue weighted by Crippen LogP contribution is 2.34. The first-order chi connectivity index (χ1) is 14.0. The molecule has 6 nitrogen and oxygen atoms in total. The van der Waals surface area contributed by atoms with E-state index in [2.05, 4.69) is 0 Å².